The highest BCUT2D eigenvalue weighted by atomic mass is 19.1. The zero-order chi connectivity index (χ0) is 25.4. The number of benzene rings is 2. The summed E-state index contributed by atoms with van der Waals surface area (Å²) >= 11 is 0. The van der Waals surface area contributed by atoms with Crippen molar-refractivity contribution in [3.63, 3.8) is 0 Å². The molecule has 3 N–H and O–H groups in total. The molecule has 1 saturated heterocycles. The van der Waals surface area contributed by atoms with Gasteiger partial charge in [0.2, 0.25) is 5.95 Å². The Morgan fingerprint density at radius 2 is 1.81 bits per heavy atom. The van der Waals surface area contributed by atoms with Crippen molar-refractivity contribution >= 4 is 34.1 Å². The van der Waals surface area contributed by atoms with Crippen LogP contribution in [0, 0.1) is 5.82 Å². The first-order valence-corrected chi connectivity index (χ1v) is 12.9. The van der Waals surface area contributed by atoms with Crippen LogP contribution in [0.4, 0.5) is 21.7 Å². The molecule has 1 saturated carbocycles. The lowest BCUT2D eigenvalue weighted by molar-refractivity contribution is 0.100. The Kier molecular flexibility index (Phi) is 6.21. The van der Waals surface area contributed by atoms with Gasteiger partial charge in [-0.25, -0.2) is 9.37 Å². The number of hydrogen-bond acceptors (Lipinski definition) is 6. The first kappa shape index (κ1) is 23.4. The summed E-state index contributed by atoms with van der Waals surface area (Å²) in [6, 6.07) is 16.1. The van der Waals surface area contributed by atoms with E-state index in [9.17, 15) is 9.18 Å². The summed E-state index contributed by atoms with van der Waals surface area (Å²) in [6.45, 7) is 4.18. The standard InChI is InChI=1S/C28H30FN7O/c29-24-17-31-28(33-27(24)36-18-23(26(30)37)22-10-3-4-11-25(22)36)32-19-6-5-9-21(16-19)35-14-12-34(13-15-35)20-7-1-2-8-20/h3-6,9-11,16-18,20H,1-2,7-8,12-15H2,(H2,30,37)(H,31,32,33). The second kappa shape index (κ2) is 9.82. The van der Waals surface area contributed by atoms with Crippen LogP contribution in [0.2, 0.25) is 0 Å². The van der Waals surface area contributed by atoms with Gasteiger partial charge >= 0.3 is 0 Å². The van der Waals surface area contributed by atoms with Crippen molar-refractivity contribution in [2.45, 2.75) is 31.7 Å². The molecule has 0 spiro atoms. The highest BCUT2D eigenvalue weighted by Gasteiger charge is 2.26. The molecule has 8 nitrogen and oxygen atoms in total. The molecule has 190 valence electrons. The highest BCUT2D eigenvalue weighted by Crippen LogP contribution is 2.28. The van der Waals surface area contributed by atoms with Gasteiger partial charge < -0.3 is 16.0 Å². The maximum absolute atomic E-state index is 14.9. The van der Waals surface area contributed by atoms with Crippen molar-refractivity contribution in [1.82, 2.24) is 19.4 Å². The third kappa shape index (κ3) is 4.62. The van der Waals surface area contributed by atoms with E-state index >= 15 is 0 Å². The number of primary amides is 1. The molecule has 0 atom stereocenters. The molecule has 3 heterocycles. The van der Waals surface area contributed by atoms with Crippen molar-refractivity contribution in [2.75, 3.05) is 36.4 Å². The van der Waals surface area contributed by atoms with Gasteiger partial charge in [-0.15, -0.1) is 0 Å². The van der Waals surface area contributed by atoms with Gasteiger partial charge in [0.25, 0.3) is 5.91 Å². The molecule has 1 aliphatic carbocycles. The van der Waals surface area contributed by atoms with Crippen LogP contribution in [-0.2, 0) is 0 Å². The van der Waals surface area contributed by atoms with Crippen LogP contribution < -0.4 is 16.0 Å². The van der Waals surface area contributed by atoms with Crippen LogP contribution >= 0.6 is 0 Å². The van der Waals surface area contributed by atoms with E-state index in [2.05, 4.69) is 37.2 Å². The third-order valence-corrected chi connectivity index (χ3v) is 7.55. The Morgan fingerprint density at radius 1 is 1.03 bits per heavy atom. The number of aromatic nitrogens is 3. The fraction of sp³-hybridized carbons (Fsp3) is 0.321. The molecule has 0 radical (unpaired) electrons. The van der Waals surface area contributed by atoms with E-state index < -0.39 is 11.7 Å². The number of carbonyl (C=O) groups is 1. The van der Waals surface area contributed by atoms with Gasteiger partial charge in [0.05, 0.1) is 17.3 Å². The quantitative estimate of drug-likeness (QED) is 0.407. The van der Waals surface area contributed by atoms with Crippen LogP contribution in [0.5, 0.6) is 0 Å². The predicted molar refractivity (Wildman–Crippen MR) is 143 cm³/mol. The molecule has 0 unspecified atom stereocenters. The number of rotatable bonds is 6. The van der Waals surface area contributed by atoms with Crippen molar-refractivity contribution < 1.29 is 9.18 Å². The normalized spacial score (nSPS) is 16.9. The molecule has 2 aliphatic rings. The molecular formula is C28H30FN7O. The average molecular weight is 500 g/mol. The predicted octanol–water partition coefficient (Wildman–Crippen LogP) is 4.47. The molecule has 1 aliphatic heterocycles. The average Bonchev–Trinajstić information content (AvgIpc) is 3.59. The van der Waals surface area contributed by atoms with Crippen LogP contribution in [0.25, 0.3) is 16.7 Å². The van der Waals surface area contributed by atoms with E-state index in [0.29, 0.717) is 16.5 Å². The Labute approximate surface area is 214 Å². The third-order valence-electron chi connectivity index (χ3n) is 7.55. The summed E-state index contributed by atoms with van der Waals surface area (Å²) in [7, 11) is 0. The topological polar surface area (TPSA) is 92.3 Å². The van der Waals surface area contributed by atoms with E-state index in [4.69, 9.17) is 5.73 Å². The number of hydrogen-bond donors (Lipinski definition) is 2. The molecule has 9 heteroatoms. The fourth-order valence-electron chi connectivity index (χ4n) is 5.66. The lowest BCUT2D eigenvalue weighted by Crippen LogP contribution is -2.49. The number of amides is 1. The van der Waals surface area contributed by atoms with Crippen molar-refractivity contribution in [3.05, 3.63) is 72.3 Å². The Morgan fingerprint density at radius 3 is 2.59 bits per heavy atom. The van der Waals surface area contributed by atoms with Crippen molar-refractivity contribution in [1.29, 1.82) is 0 Å². The minimum atomic E-state index is -0.601. The number of carbonyl (C=O) groups excluding carboxylic acids is 1. The SMILES string of the molecule is NC(=O)c1cn(-c2nc(Nc3cccc(N4CCN(C5CCCC5)CC4)c3)ncc2F)c2ccccc12. The summed E-state index contributed by atoms with van der Waals surface area (Å²) < 4.78 is 16.4. The van der Waals surface area contributed by atoms with Crippen molar-refractivity contribution in [2.24, 2.45) is 5.73 Å². The molecular weight excluding hydrogens is 469 g/mol. The zero-order valence-electron chi connectivity index (χ0n) is 20.6. The molecule has 1 amide bonds. The number of fused-ring (bicyclic) bond motifs is 1. The number of anilines is 3. The van der Waals surface area contributed by atoms with Gasteiger partial charge in [-0.1, -0.05) is 37.1 Å². The lowest BCUT2D eigenvalue weighted by Gasteiger charge is -2.39. The summed E-state index contributed by atoms with van der Waals surface area (Å²) in [6.07, 6.45) is 8.05. The fourth-order valence-corrected chi connectivity index (χ4v) is 5.66. The molecule has 2 aromatic carbocycles. The molecule has 37 heavy (non-hydrogen) atoms. The highest BCUT2D eigenvalue weighted by molar-refractivity contribution is 6.06. The molecule has 2 fully saturated rings. The summed E-state index contributed by atoms with van der Waals surface area (Å²) in [5.74, 6) is -0.877. The lowest BCUT2D eigenvalue weighted by atomic mass is 10.1. The first-order valence-electron chi connectivity index (χ1n) is 12.9. The van der Waals surface area contributed by atoms with Crippen LogP contribution in [0.1, 0.15) is 36.0 Å². The van der Waals surface area contributed by atoms with Crippen LogP contribution in [0.3, 0.4) is 0 Å². The monoisotopic (exact) mass is 499 g/mol. The Balaban J connectivity index is 1.23. The second-order valence-electron chi connectivity index (χ2n) is 9.80. The van der Waals surface area contributed by atoms with E-state index in [1.807, 2.05) is 24.3 Å². The minimum Gasteiger partial charge on any atom is -0.369 e. The summed E-state index contributed by atoms with van der Waals surface area (Å²) in [5, 5.41) is 3.86. The number of nitrogens with one attached hydrogen (secondary N) is 1. The zero-order valence-corrected chi connectivity index (χ0v) is 20.6. The number of piperazine rings is 1. The van der Waals surface area contributed by atoms with Crippen LogP contribution in [-0.4, -0.2) is 57.6 Å². The van der Waals surface area contributed by atoms with E-state index in [1.54, 1.807) is 12.1 Å². The van der Waals surface area contributed by atoms with Crippen LogP contribution in [0.15, 0.2) is 60.9 Å². The maximum atomic E-state index is 14.9. The van der Waals surface area contributed by atoms with Gasteiger partial charge in [-0.05, 0) is 37.1 Å². The molecule has 6 rings (SSSR count). The number of halogens is 1. The molecule has 4 aromatic rings. The Bertz CT molecular complexity index is 1440. The molecule has 0 bridgehead atoms. The number of nitrogens with zero attached hydrogens (tertiary/aromatic N) is 5. The smallest absolute Gasteiger partial charge is 0.250 e. The van der Waals surface area contributed by atoms with Gasteiger partial charge in [0, 0.05) is 55.2 Å². The second-order valence-corrected chi connectivity index (χ2v) is 9.80. The molecule has 2 aromatic heterocycles. The van der Waals surface area contributed by atoms with E-state index in [-0.39, 0.29) is 11.8 Å². The maximum Gasteiger partial charge on any atom is 0.250 e. The van der Waals surface area contributed by atoms with Gasteiger partial charge in [0.1, 0.15) is 0 Å². The summed E-state index contributed by atoms with van der Waals surface area (Å²) in [5.41, 5.74) is 8.47. The van der Waals surface area contributed by atoms with Gasteiger partial charge in [-0.2, -0.15) is 4.98 Å². The largest absolute Gasteiger partial charge is 0.369 e. The van der Waals surface area contributed by atoms with Gasteiger partial charge in [-0.3, -0.25) is 14.3 Å². The summed E-state index contributed by atoms with van der Waals surface area (Å²) in [4.78, 5) is 25.6. The first-order chi connectivity index (χ1) is 18.1. The van der Waals surface area contributed by atoms with E-state index in [1.165, 1.54) is 36.4 Å². The number of para-hydroxylation sites is 1. The van der Waals surface area contributed by atoms with E-state index in [0.717, 1.165) is 49.8 Å². The minimum absolute atomic E-state index is 0.0420. The Hall–Kier alpha value is -3.98. The van der Waals surface area contributed by atoms with Crippen molar-refractivity contribution in [3.8, 4) is 5.82 Å². The van der Waals surface area contributed by atoms with Gasteiger partial charge in [0.15, 0.2) is 11.6 Å². The number of nitrogens with two attached hydrogens (primary N) is 1.